The Bertz CT molecular complexity index is 616. The van der Waals surface area contributed by atoms with Gasteiger partial charge in [-0.2, -0.15) is 0 Å². The van der Waals surface area contributed by atoms with Crippen molar-refractivity contribution in [1.29, 1.82) is 0 Å². The predicted octanol–water partition coefficient (Wildman–Crippen LogP) is 2.23. The molecule has 19 heavy (non-hydrogen) atoms. The van der Waals surface area contributed by atoms with Crippen LogP contribution in [0.15, 0.2) is 6.20 Å². The summed E-state index contributed by atoms with van der Waals surface area (Å²) in [5.74, 6) is 1.01. The zero-order valence-electron chi connectivity index (χ0n) is 11.0. The van der Waals surface area contributed by atoms with Gasteiger partial charge in [-0.15, -0.1) is 11.3 Å². The average molecular weight is 276 g/mol. The van der Waals surface area contributed by atoms with E-state index in [0.717, 1.165) is 41.4 Å². The standard InChI is InChI=1S/C13H16N4OS/c1-7-6-14-13(19-7)17-12(18)9-3-4-10-11(5-9)16-8(2)15-10/h6,9H,3-5H2,1-2H3,(H,15,16)(H,14,17,18). The maximum atomic E-state index is 12.2. The van der Waals surface area contributed by atoms with E-state index in [1.165, 1.54) is 11.3 Å². The van der Waals surface area contributed by atoms with Crippen molar-refractivity contribution in [2.24, 2.45) is 5.92 Å². The molecule has 0 aromatic carbocycles. The van der Waals surface area contributed by atoms with Crippen LogP contribution in [0.2, 0.25) is 0 Å². The van der Waals surface area contributed by atoms with Gasteiger partial charge in [-0.05, 0) is 26.7 Å². The molecule has 0 spiro atoms. The lowest BCUT2D eigenvalue weighted by Gasteiger charge is -2.19. The topological polar surface area (TPSA) is 70.7 Å². The molecular formula is C13H16N4OS. The fourth-order valence-corrected chi connectivity index (χ4v) is 3.13. The zero-order valence-corrected chi connectivity index (χ0v) is 11.8. The third kappa shape index (κ3) is 2.53. The molecule has 5 nitrogen and oxygen atoms in total. The molecule has 0 fully saturated rings. The molecule has 2 aromatic rings. The number of anilines is 1. The van der Waals surface area contributed by atoms with E-state index in [0.29, 0.717) is 5.13 Å². The minimum absolute atomic E-state index is 0.0107. The minimum Gasteiger partial charge on any atom is -0.346 e. The molecule has 0 saturated carbocycles. The Labute approximate surface area is 115 Å². The lowest BCUT2D eigenvalue weighted by Crippen LogP contribution is -2.28. The van der Waals surface area contributed by atoms with Crippen molar-refractivity contribution in [2.45, 2.75) is 33.1 Å². The summed E-state index contributed by atoms with van der Waals surface area (Å²) >= 11 is 1.51. The maximum Gasteiger partial charge on any atom is 0.229 e. The summed E-state index contributed by atoms with van der Waals surface area (Å²) in [6.07, 6.45) is 4.24. The number of H-pyrrole nitrogens is 1. The molecule has 100 valence electrons. The summed E-state index contributed by atoms with van der Waals surface area (Å²) in [4.78, 5) is 25.2. The molecule has 2 N–H and O–H groups in total. The van der Waals surface area contributed by atoms with Gasteiger partial charge in [0.1, 0.15) is 5.82 Å². The quantitative estimate of drug-likeness (QED) is 0.883. The Kier molecular flexibility index (Phi) is 3.10. The molecule has 0 radical (unpaired) electrons. The zero-order chi connectivity index (χ0) is 13.4. The SMILES string of the molecule is Cc1nc2c([nH]1)CC(C(=O)Nc1ncc(C)s1)CC2. The van der Waals surface area contributed by atoms with Crippen LogP contribution in [0.1, 0.15) is 28.5 Å². The first kappa shape index (κ1) is 12.3. The van der Waals surface area contributed by atoms with Gasteiger partial charge in [0.15, 0.2) is 5.13 Å². The second kappa shape index (κ2) is 4.77. The third-order valence-corrected chi connectivity index (χ3v) is 4.21. The van der Waals surface area contributed by atoms with E-state index in [2.05, 4.69) is 20.3 Å². The third-order valence-electron chi connectivity index (χ3n) is 3.39. The van der Waals surface area contributed by atoms with Crippen LogP contribution >= 0.6 is 11.3 Å². The molecule has 1 aliphatic carbocycles. The van der Waals surface area contributed by atoms with Crippen molar-refractivity contribution in [3.63, 3.8) is 0 Å². The first-order valence-corrected chi connectivity index (χ1v) is 7.21. The first-order valence-electron chi connectivity index (χ1n) is 6.39. The van der Waals surface area contributed by atoms with Crippen molar-refractivity contribution in [3.8, 4) is 0 Å². The molecular weight excluding hydrogens is 260 g/mol. The lowest BCUT2D eigenvalue weighted by atomic mass is 9.89. The van der Waals surface area contributed by atoms with E-state index < -0.39 is 0 Å². The van der Waals surface area contributed by atoms with Gasteiger partial charge in [-0.3, -0.25) is 4.79 Å². The van der Waals surface area contributed by atoms with E-state index in [-0.39, 0.29) is 11.8 Å². The lowest BCUT2D eigenvalue weighted by molar-refractivity contribution is -0.120. The largest absolute Gasteiger partial charge is 0.346 e. The Morgan fingerprint density at radius 3 is 3.11 bits per heavy atom. The van der Waals surface area contributed by atoms with Gasteiger partial charge in [0.05, 0.1) is 5.69 Å². The van der Waals surface area contributed by atoms with Crippen molar-refractivity contribution in [3.05, 3.63) is 28.3 Å². The molecule has 1 amide bonds. The summed E-state index contributed by atoms with van der Waals surface area (Å²) in [5.41, 5.74) is 2.23. The number of carbonyl (C=O) groups excluding carboxylic acids is 1. The summed E-state index contributed by atoms with van der Waals surface area (Å²) in [5, 5.41) is 3.59. The summed E-state index contributed by atoms with van der Waals surface area (Å²) < 4.78 is 0. The van der Waals surface area contributed by atoms with Crippen LogP contribution in [0.3, 0.4) is 0 Å². The second-order valence-corrected chi connectivity index (χ2v) is 6.19. The number of fused-ring (bicyclic) bond motifs is 1. The van der Waals surface area contributed by atoms with E-state index in [1.807, 2.05) is 13.8 Å². The average Bonchev–Trinajstić information content (AvgIpc) is 2.93. The van der Waals surface area contributed by atoms with Crippen LogP contribution in [0.4, 0.5) is 5.13 Å². The molecule has 2 heterocycles. The number of amides is 1. The molecule has 1 aliphatic rings. The Morgan fingerprint density at radius 2 is 2.37 bits per heavy atom. The van der Waals surface area contributed by atoms with Crippen LogP contribution < -0.4 is 5.32 Å². The maximum absolute atomic E-state index is 12.2. The number of imidazole rings is 1. The molecule has 0 bridgehead atoms. The smallest absolute Gasteiger partial charge is 0.229 e. The van der Waals surface area contributed by atoms with Gasteiger partial charge in [0.2, 0.25) is 5.91 Å². The number of nitrogens with zero attached hydrogens (tertiary/aromatic N) is 2. The highest BCUT2D eigenvalue weighted by atomic mass is 32.1. The number of aryl methyl sites for hydroxylation is 3. The van der Waals surface area contributed by atoms with Gasteiger partial charge in [-0.25, -0.2) is 9.97 Å². The van der Waals surface area contributed by atoms with Crippen molar-refractivity contribution in [1.82, 2.24) is 15.0 Å². The highest BCUT2D eigenvalue weighted by molar-refractivity contribution is 7.15. The number of carbonyl (C=O) groups is 1. The number of nitrogens with one attached hydrogen (secondary N) is 2. The molecule has 0 saturated heterocycles. The highest BCUT2D eigenvalue weighted by Crippen LogP contribution is 2.25. The van der Waals surface area contributed by atoms with E-state index >= 15 is 0 Å². The van der Waals surface area contributed by atoms with Gasteiger partial charge in [0, 0.05) is 29.1 Å². The van der Waals surface area contributed by atoms with Gasteiger partial charge in [0.25, 0.3) is 0 Å². The number of rotatable bonds is 2. The van der Waals surface area contributed by atoms with Crippen LogP contribution in [0.5, 0.6) is 0 Å². The predicted molar refractivity (Wildman–Crippen MR) is 74.3 cm³/mol. The number of thiazole rings is 1. The highest BCUT2D eigenvalue weighted by Gasteiger charge is 2.27. The molecule has 2 aromatic heterocycles. The Morgan fingerprint density at radius 1 is 1.53 bits per heavy atom. The second-order valence-electron chi connectivity index (χ2n) is 4.95. The monoisotopic (exact) mass is 276 g/mol. The van der Waals surface area contributed by atoms with E-state index in [9.17, 15) is 4.79 Å². The van der Waals surface area contributed by atoms with Gasteiger partial charge < -0.3 is 10.3 Å². The Balaban J connectivity index is 1.69. The van der Waals surface area contributed by atoms with Crippen molar-refractivity contribution < 1.29 is 4.79 Å². The number of hydrogen-bond donors (Lipinski definition) is 2. The van der Waals surface area contributed by atoms with E-state index in [1.54, 1.807) is 6.20 Å². The van der Waals surface area contributed by atoms with E-state index in [4.69, 9.17) is 0 Å². The Hall–Kier alpha value is -1.69. The molecule has 0 aliphatic heterocycles. The van der Waals surface area contributed by atoms with Crippen molar-refractivity contribution in [2.75, 3.05) is 5.32 Å². The summed E-state index contributed by atoms with van der Waals surface area (Å²) in [6.45, 7) is 3.93. The van der Waals surface area contributed by atoms with Crippen LogP contribution in [-0.4, -0.2) is 20.9 Å². The number of hydrogen-bond acceptors (Lipinski definition) is 4. The minimum atomic E-state index is 0.0107. The van der Waals surface area contributed by atoms with Gasteiger partial charge in [-0.1, -0.05) is 0 Å². The van der Waals surface area contributed by atoms with Crippen LogP contribution in [0.25, 0.3) is 0 Å². The molecule has 6 heteroatoms. The molecule has 1 unspecified atom stereocenters. The fraction of sp³-hybridized carbons (Fsp3) is 0.462. The number of aromatic nitrogens is 3. The first-order chi connectivity index (χ1) is 9.11. The molecule has 1 atom stereocenters. The van der Waals surface area contributed by atoms with Crippen LogP contribution in [-0.2, 0) is 17.6 Å². The number of aromatic amines is 1. The molecule has 3 rings (SSSR count). The summed E-state index contributed by atoms with van der Waals surface area (Å²) in [7, 11) is 0. The van der Waals surface area contributed by atoms with Crippen molar-refractivity contribution >= 4 is 22.4 Å². The normalized spacial score (nSPS) is 18.1. The van der Waals surface area contributed by atoms with Gasteiger partial charge >= 0.3 is 0 Å². The summed E-state index contributed by atoms with van der Waals surface area (Å²) in [6, 6.07) is 0. The van der Waals surface area contributed by atoms with Crippen LogP contribution in [0, 0.1) is 19.8 Å². The fourth-order valence-electron chi connectivity index (χ4n) is 2.47.